The summed E-state index contributed by atoms with van der Waals surface area (Å²) in [6.45, 7) is 2.00. The van der Waals surface area contributed by atoms with Crippen molar-refractivity contribution in [2.24, 2.45) is 0 Å². The maximum absolute atomic E-state index is 13.3. The van der Waals surface area contributed by atoms with Crippen LogP contribution in [0.15, 0.2) is 82.1 Å². The molecule has 7 heteroatoms. The van der Waals surface area contributed by atoms with E-state index >= 15 is 0 Å². The minimum Gasteiger partial charge on any atom is -0.332 e. The average molecular weight is 398 g/mol. The van der Waals surface area contributed by atoms with Crippen LogP contribution in [0.3, 0.4) is 0 Å². The number of aryl methyl sites for hydroxylation is 1. The smallest absolute Gasteiger partial charge is 0.279 e. The minimum absolute atomic E-state index is 0.192. The van der Waals surface area contributed by atoms with Gasteiger partial charge >= 0.3 is 0 Å². The molecule has 0 fully saturated rings. The molecule has 2 aromatic heterocycles. The first-order chi connectivity index (χ1) is 14.6. The van der Waals surface area contributed by atoms with E-state index in [9.17, 15) is 9.18 Å². The molecule has 0 spiro atoms. The van der Waals surface area contributed by atoms with Gasteiger partial charge in [0.2, 0.25) is 5.82 Å². The van der Waals surface area contributed by atoms with E-state index < -0.39 is 5.82 Å². The molecule has 146 valence electrons. The highest BCUT2D eigenvalue weighted by atomic mass is 19.1. The molecule has 0 atom stereocenters. The van der Waals surface area contributed by atoms with Crippen molar-refractivity contribution in [2.45, 2.75) is 6.92 Å². The summed E-state index contributed by atoms with van der Waals surface area (Å²) in [5, 5.41) is 9.59. The molecule has 2 heterocycles. The van der Waals surface area contributed by atoms with Gasteiger partial charge in [0.05, 0.1) is 11.1 Å². The van der Waals surface area contributed by atoms with Gasteiger partial charge in [-0.3, -0.25) is 4.79 Å². The molecule has 0 N–H and O–H groups in total. The van der Waals surface area contributed by atoms with E-state index in [0.717, 1.165) is 11.1 Å². The zero-order chi connectivity index (χ0) is 20.7. The first kappa shape index (κ1) is 17.9. The van der Waals surface area contributed by atoms with Gasteiger partial charge in [-0.05, 0) is 37.3 Å². The fourth-order valence-corrected chi connectivity index (χ4v) is 3.24. The summed E-state index contributed by atoms with van der Waals surface area (Å²) in [4.78, 5) is 17.5. The van der Waals surface area contributed by atoms with E-state index in [0.29, 0.717) is 28.0 Å². The molecule has 6 nitrogen and oxygen atoms in total. The maximum Gasteiger partial charge on any atom is 0.279 e. The van der Waals surface area contributed by atoms with Crippen molar-refractivity contribution in [3.8, 4) is 28.7 Å². The van der Waals surface area contributed by atoms with Crippen molar-refractivity contribution in [1.82, 2.24) is 19.9 Å². The molecule has 0 bridgehead atoms. The monoisotopic (exact) mass is 398 g/mol. The number of fused-ring (bicyclic) bond motifs is 1. The van der Waals surface area contributed by atoms with E-state index in [2.05, 4.69) is 15.2 Å². The SMILES string of the molecule is Cc1ccc(-c2noc(-c3nn(-c4ccc(F)cc4)c(=O)c4ccccc34)n2)cc1. The second-order valence-corrected chi connectivity index (χ2v) is 6.88. The van der Waals surface area contributed by atoms with Gasteiger partial charge in [-0.15, -0.1) is 0 Å². The zero-order valence-electron chi connectivity index (χ0n) is 15.9. The van der Waals surface area contributed by atoms with Gasteiger partial charge in [0.1, 0.15) is 5.82 Å². The molecule has 0 amide bonds. The first-order valence-electron chi connectivity index (χ1n) is 9.29. The predicted molar refractivity (Wildman–Crippen MR) is 111 cm³/mol. The normalized spacial score (nSPS) is 11.1. The maximum atomic E-state index is 13.3. The van der Waals surface area contributed by atoms with Gasteiger partial charge in [-0.1, -0.05) is 53.2 Å². The van der Waals surface area contributed by atoms with Gasteiger partial charge in [0.15, 0.2) is 5.69 Å². The number of rotatable bonds is 3. The second kappa shape index (κ2) is 7.04. The Morgan fingerprint density at radius 2 is 1.60 bits per heavy atom. The fourth-order valence-electron chi connectivity index (χ4n) is 3.24. The van der Waals surface area contributed by atoms with Gasteiger partial charge < -0.3 is 4.52 Å². The van der Waals surface area contributed by atoms with Gasteiger partial charge in [-0.2, -0.15) is 14.8 Å². The third-order valence-corrected chi connectivity index (χ3v) is 4.81. The van der Waals surface area contributed by atoms with E-state index in [1.807, 2.05) is 37.3 Å². The highest BCUT2D eigenvalue weighted by Crippen LogP contribution is 2.26. The van der Waals surface area contributed by atoms with Crippen molar-refractivity contribution >= 4 is 10.8 Å². The number of nitrogens with zero attached hydrogens (tertiary/aromatic N) is 4. The lowest BCUT2D eigenvalue weighted by Crippen LogP contribution is -2.22. The lowest BCUT2D eigenvalue weighted by Gasteiger charge is -2.09. The second-order valence-electron chi connectivity index (χ2n) is 6.88. The molecule has 30 heavy (non-hydrogen) atoms. The Balaban J connectivity index is 1.71. The summed E-state index contributed by atoms with van der Waals surface area (Å²) in [6.07, 6.45) is 0. The third kappa shape index (κ3) is 3.06. The summed E-state index contributed by atoms with van der Waals surface area (Å²) in [5.41, 5.74) is 2.43. The quantitative estimate of drug-likeness (QED) is 0.446. The van der Waals surface area contributed by atoms with Crippen LogP contribution >= 0.6 is 0 Å². The summed E-state index contributed by atoms with van der Waals surface area (Å²) in [7, 11) is 0. The standard InChI is InChI=1S/C23H15FN4O2/c1-14-6-8-15(9-7-14)21-25-22(30-27-21)20-18-4-2-3-5-19(18)23(29)28(26-20)17-12-10-16(24)11-13-17/h2-13H,1H3. The van der Waals surface area contributed by atoms with E-state index in [4.69, 9.17) is 4.52 Å². The molecule has 0 unspecified atom stereocenters. The molecule has 3 aromatic carbocycles. The van der Waals surface area contributed by atoms with Gasteiger partial charge in [0, 0.05) is 10.9 Å². The lowest BCUT2D eigenvalue weighted by atomic mass is 10.1. The van der Waals surface area contributed by atoms with Crippen LogP contribution in [0.2, 0.25) is 0 Å². The Bertz CT molecular complexity index is 1420. The molecule has 0 saturated heterocycles. The summed E-state index contributed by atoms with van der Waals surface area (Å²) < 4.78 is 20.1. The van der Waals surface area contributed by atoms with Crippen LogP contribution in [0.4, 0.5) is 4.39 Å². The molecule has 0 radical (unpaired) electrons. The topological polar surface area (TPSA) is 73.8 Å². The summed E-state index contributed by atoms with van der Waals surface area (Å²) >= 11 is 0. The molecule has 5 rings (SSSR count). The number of hydrogen-bond acceptors (Lipinski definition) is 5. The Labute approximate surface area is 170 Å². The molecule has 0 saturated carbocycles. The Morgan fingerprint density at radius 1 is 0.900 bits per heavy atom. The molecular weight excluding hydrogens is 383 g/mol. The first-order valence-corrected chi connectivity index (χ1v) is 9.29. The number of halogens is 1. The van der Waals surface area contributed by atoms with Crippen LogP contribution in [0.5, 0.6) is 0 Å². The van der Waals surface area contributed by atoms with Crippen LogP contribution in [0.1, 0.15) is 5.56 Å². The van der Waals surface area contributed by atoms with Crippen molar-refractivity contribution in [1.29, 1.82) is 0 Å². The average Bonchev–Trinajstić information content (AvgIpc) is 3.25. The molecule has 0 aliphatic carbocycles. The van der Waals surface area contributed by atoms with Crippen molar-refractivity contribution in [2.75, 3.05) is 0 Å². The third-order valence-electron chi connectivity index (χ3n) is 4.81. The lowest BCUT2D eigenvalue weighted by molar-refractivity contribution is 0.430. The molecule has 5 aromatic rings. The summed E-state index contributed by atoms with van der Waals surface area (Å²) in [6, 6.07) is 20.4. The number of aromatic nitrogens is 4. The summed E-state index contributed by atoms with van der Waals surface area (Å²) in [5.74, 6) is 0.223. The largest absolute Gasteiger partial charge is 0.332 e. The van der Waals surface area contributed by atoms with Crippen molar-refractivity contribution in [3.63, 3.8) is 0 Å². The van der Waals surface area contributed by atoms with Crippen LogP contribution < -0.4 is 5.56 Å². The zero-order valence-corrected chi connectivity index (χ0v) is 15.9. The molecular formula is C23H15FN4O2. The Kier molecular flexibility index (Phi) is 4.21. The van der Waals surface area contributed by atoms with E-state index in [1.54, 1.807) is 18.2 Å². The van der Waals surface area contributed by atoms with Crippen LogP contribution in [0, 0.1) is 12.7 Å². The van der Waals surface area contributed by atoms with Crippen LogP contribution in [-0.4, -0.2) is 19.9 Å². The number of hydrogen-bond donors (Lipinski definition) is 0. The Morgan fingerprint density at radius 3 is 2.33 bits per heavy atom. The molecule has 0 aliphatic rings. The molecule has 0 aliphatic heterocycles. The van der Waals surface area contributed by atoms with Gasteiger partial charge in [0.25, 0.3) is 11.4 Å². The van der Waals surface area contributed by atoms with Crippen LogP contribution in [0.25, 0.3) is 39.4 Å². The fraction of sp³-hybridized carbons (Fsp3) is 0.0435. The predicted octanol–water partition coefficient (Wildman–Crippen LogP) is 4.55. The minimum atomic E-state index is -0.396. The highest BCUT2D eigenvalue weighted by molar-refractivity contribution is 5.92. The van der Waals surface area contributed by atoms with Gasteiger partial charge in [-0.25, -0.2) is 4.39 Å². The van der Waals surface area contributed by atoms with E-state index in [-0.39, 0.29) is 11.4 Å². The Hall–Kier alpha value is -4.13. The van der Waals surface area contributed by atoms with Crippen LogP contribution in [-0.2, 0) is 0 Å². The number of benzene rings is 3. The van der Waals surface area contributed by atoms with Crippen molar-refractivity contribution < 1.29 is 8.91 Å². The van der Waals surface area contributed by atoms with Crippen molar-refractivity contribution in [3.05, 3.63) is 94.5 Å². The highest BCUT2D eigenvalue weighted by Gasteiger charge is 2.19. The van der Waals surface area contributed by atoms with E-state index in [1.165, 1.54) is 28.9 Å².